The van der Waals surface area contributed by atoms with Gasteiger partial charge >= 0.3 is 0 Å². The lowest BCUT2D eigenvalue weighted by molar-refractivity contribution is 0.760. The summed E-state index contributed by atoms with van der Waals surface area (Å²) in [7, 11) is 4.40. The summed E-state index contributed by atoms with van der Waals surface area (Å²) < 4.78 is 1.92. The van der Waals surface area contributed by atoms with Crippen LogP contribution in [0.4, 0.5) is 0 Å². The molecule has 10 heavy (non-hydrogen) atoms. The molecular weight excluding hydrogens is 147 g/mol. The Morgan fingerprint density at radius 2 is 2.60 bits per heavy atom. The first-order chi connectivity index (χ1) is 4.84. The Morgan fingerprint density at radius 3 is 3.10 bits per heavy atom. The van der Waals surface area contributed by atoms with Gasteiger partial charge in [0.1, 0.15) is 12.2 Å². The minimum absolute atomic E-state index is 0.914. The van der Waals surface area contributed by atoms with Crippen molar-refractivity contribution in [1.82, 2.24) is 19.9 Å². The topological polar surface area (TPSA) is 42.7 Å². The monoisotopic (exact) mass is 158 g/mol. The van der Waals surface area contributed by atoms with Crippen molar-refractivity contribution in [3.05, 3.63) is 12.2 Å². The summed E-state index contributed by atoms with van der Waals surface area (Å²) in [6, 6.07) is 0. The Bertz CT molecular complexity index is 197. The lowest BCUT2D eigenvalue weighted by Crippen LogP contribution is -2.07. The molecule has 0 saturated carbocycles. The van der Waals surface area contributed by atoms with Gasteiger partial charge in [0.05, 0.1) is 0 Å². The van der Waals surface area contributed by atoms with E-state index in [1.807, 2.05) is 11.6 Å². The van der Waals surface area contributed by atoms with Crippen molar-refractivity contribution in [2.45, 2.75) is 6.42 Å². The predicted molar refractivity (Wildman–Crippen MR) is 42.4 cm³/mol. The predicted octanol–water partition coefficient (Wildman–Crippen LogP) is -0.263. The van der Waals surface area contributed by atoms with Crippen LogP contribution in [-0.4, -0.2) is 21.3 Å². The number of hydrogen-bond donors (Lipinski definition) is 1. The summed E-state index contributed by atoms with van der Waals surface area (Å²) >= 11 is 0. The van der Waals surface area contributed by atoms with Crippen LogP contribution in [0, 0.1) is 0 Å². The SMILES string of the molecule is Cn1cnnc1CCNP. The molecule has 4 nitrogen and oxygen atoms in total. The lowest BCUT2D eigenvalue weighted by atomic mass is 10.4. The van der Waals surface area contributed by atoms with Crippen LogP contribution >= 0.6 is 9.39 Å². The average molecular weight is 158 g/mol. The van der Waals surface area contributed by atoms with E-state index in [4.69, 9.17) is 0 Å². The molecule has 0 fully saturated rings. The highest BCUT2D eigenvalue weighted by atomic mass is 31.0. The molecular formula is C5H11N4P. The van der Waals surface area contributed by atoms with Crippen molar-refractivity contribution < 1.29 is 0 Å². The minimum atomic E-state index is 0.914. The van der Waals surface area contributed by atoms with E-state index < -0.39 is 0 Å². The van der Waals surface area contributed by atoms with E-state index >= 15 is 0 Å². The second kappa shape index (κ2) is 3.64. The van der Waals surface area contributed by atoms with Crippen molar-refractivity contribution >= 4 is 9.39 Å². The molecule has 1 atom stereocenters. The summed E-state index contributed by atoms with van der Waals surface area (Å²) in [4.78, 5) is 0. The largest absolute Gasteiger partial charge is 0.321 e. The summed E-state index contributed by atoms with van der Waals surface area (Å²) in [6.07, 6.45) is 2.62. The van der Waals surface area contributed by atoms with Crippen molar-refractivity contribution in [2.24, 2.45) is 7.05 Å². The zero-order valence-corrected chi connectivity index (χ0v) is 7.07. The van der Waals surface area contributed by atoms with E-state index in [0.29, 0.717) is 0 Å². The molecule has 0 aliphatic carbocycles. The first-order valence-electron chi connectivity index (χ1n) is 3.11. The normalized spacial score (nSPS) is 10.2. The van der Waals surface area contributed by atoms with Crippen LogP contribution in [0.3, 0.4) is 0 Å². The smallest absolute Gasteiger partial charge is 0.133 e. The first-order valence-corrected chi connectivity index (χ1v) is 3.68. The molecule has 1 rings (SSSR count). The van der Waals surface area contributed by atoms with Gasteiger partial charge in [-0.05, 0) is 0 Å². The second-order valence-corrected chi connectivity index (χ2v) is 2.47. The van der Waals surface area contributed by atoms with E-state index in [2.05, 4.69) is 24.7 Å². The Labute approximate surface area is 62.3 Å². The van der Waals surface area contributed by atoms with Crippen molar-refractivity contribution in [3.8, 4) is 0 Å². The van der Waals surface area contributed by atoms with Crippen molar-refractivity contribution in [1.29, 1.82) is 0 Å². The van der Waals surface area contributed by atoms with E-state index in [1.54, 1.807) is 6.33 Å². The zero-order valence-electron chi connectivity index (χ0n) is 5.91. The molecule has 1 aromatic rings. The van der Waals surface area contributed by atoms with Gasteiger partial charge in [-0.3, -0.25) is 0 Å². The van der Waals surface area contributed by atoms with Gasteiger partial charge in [-0.25, -0.2) is 0 Å². The van der Waals surface area contributed by atoms with Gasteiger partial charge in [0.15, 0.2) is 0 Å². The first kappa shape index (κ1) is 7.63. The number of nitrogens with one attached hydrogen (secondary N) is 1. The van der Waals surface area contributed by atoms with E-state index in [0.717, 1.165) is 18.8 Å². The molecule has 1 N–H and O–H groups in total. The molecule has 0 aliphatic heterocycles. The molecule has 0 aliphatic rings. The van der Waals surface area contributed by atoms with Gasteiger partial charge in [-0.2, -0.15) is 0 Å². The molecule has 0 radical (unpaired) electrons. The maximum Gasteiger partial charge on any atom is 0.133 e. The molecule has 1 aromatic heterocycles. The van der Waals surface area contributed by atoms with Gasteiger partial charge < -0.3 is 9.65 Å². The molecule has 0 aromatic carbocycles. The number of rotatable bonds is 3. The fourth-order valence-corrected chi connectivity index (χ4v) is 0.862. The highest BCUT2D eigenvalue weighted by molar-refractivity contribution is 7.13. The zero-order chi connectivity index (χ0) is 7.40. The van der Waals surface area contributed by atoms with Crippen LogP contribution in [0.5, 0.6) is 0 Å². The summed E-state index contributed by atoms with van der Waals surface area (Å²) in [6.45, 7) is 0.914. The van der Waals surface area contributed by atoms with Gasteiger partial charge in [0, 0.05) is 20.0 Å². The highest BCUT2D eigenvalue weighted by Crippen LogP contribution is 1.91. The van der Waals surface area contributed by atoms with Crippen LogP contribution < -0.4 is 5.09 Å². The molecule has 0 saturated heterocycles. The van der Waals surface area contributed by atoms with E-state index in [1.165, 1.54) is 0 Å². The third-order valence-corrected chi connectivity index (χ3v) is 1.59. The van der Waals surface area contributed by atoms with E-state index in [9.17, 15) is 0 Å². The number of nitrogens with zero attached hydrogens (tertiary/aromatic N) is 3. The summed E-state index contributed by atoms with van der Waals surface area (Å²) in [5.41, 5.74) is 0. The Balaban J connectivity index is 2.49. The second-order valence-electron chi connectivity index (χ2n) is 2.06. The van der Waals surface area contributed by atoms with E-state index in [-0.39, 0.29) is 0 Å². The molecule has 0 amide bonds. The maximum atomic E-state index is 3.92. The van der Waals surface area contributed by atoms with Gasteiger partial charge in [0.2, 0.25) is 0 Å². The quantitative estimate of drug-likeness (QED) is 0.616. The third kappa shape index (κ3) is 1.75. The van der Waals surface area contributed by atoms with Crippen LogP contribution in [0.2, 0.25) is 0 Å². The maximum absolute atomic E-state index is 3.92. The van der Waals surface area contributed by atoms with Gasteiger partial charge in [0.25, 0.3) is 0 Å². The van der Waals surface area contributed by atoms with Crippen LogP contribution in [0.15, 0.2) is 6.33 Å². The Morgan fingerprint density at radius 1 is 1.80 bits per heavy atom. The Hall–Kier alpha value is -0.470. The number of aryl methyl sites for hydroxylation is 1. The third-order valence-electron chi connectivity index (χ3n) is 1.30. The summed E-state index contributed by atoms with van der Waals surface area (Å²) in [5.74, 6) is 1.01. The summed E-state index contributed by atoms with van der Waals surface area (Å²) in [5, 5.41) is 10.6. The molecule has 0 bridgehead atoms. The molecule has 0 spiro atoms. The number of hydrogen-bond acceptors (Lipinski definition) is 3. The van der Waals surface area contributed by atoms with Gasteiger partial charge in [-0.15, -0.1) is 10.2 Å². The Kier molecular flexibility index (Phi) is 2.78. The highest BCUT2D eigenvalue weighted by Gasteiger charge is 1.96. The van der Waals surface area contributed by atoms with Crippen molar-refractivity contribution in [2.75, 3.05) is 6.54 Å². The standard InChI is InChI=1S/C5H11N4P/c1-9-4-6-8-5(9)2-3-7-10/h4,7H,2-3,10H2,1H3. The number of aromatic nitrogens is 3. The van der Waals surface area contributed by atoms with Gasteiger partial charge in [-0.1, -0.05) is 9.39 Å². The molecule has 1 heterocycles. The lowest BCUT2D eigenvalue weighted by Gasteiger charge is -1.97. The van der Waals surface area contributed by atoms with Crippen LogP contribution in [0.25, 0.3) is 0 Å². The fourth-order valence-electron chi connectivity index (χ4n) is 0.717. The molecule has 56 valence electrons. The minimum Gasteiger partial charge on any atom is -0.321 e. The molecule has 1 unspecified atom stereocenters. The fraction of sp³-hybridized carbons (Fsp3) is 0.600. The van der Waals surface area contributed by atoms with Crippen LogP contribution in [-0.2, 0) is 13.5 Å². The van der Waals surface area contributed by atoms with Crippen molar-refractivity contribution in [3.63, 3.8) is 0 Å². The average Bonchev–Trinajstić information content (AvgIpc) is 2.31. The molecule has 5 heteroatoms. The van der Waals surface area contributed by atoms with Crippen LogP contribution in [0.1, 0.15) is 5.82 Å².